The summed E-state index contributed by atoms with van der Waals surface area (Å²) in [6.45, 7) is 7.99. The van der Waals surface area contributed by atoms with Gasteiger partial charge in [-0.3, -0.25) is 4.90 Å². The lowest BCUT2D eigenvalue weighted by Gasteiger charge is -2.33. The van der Waals surface area contributed by atoms with Crippen molar-refractivity contribution in [1.82, 2.24) is 10.2 Å². The van der Waals surface area contributed by atoms with Crippen molar-refractivity contribution in [3.8, 4) is 0 Å². The fourth-order valence-electron chi connectivity index (χ4n) is 2.84. The van der Waals surface area contributed by atoms with Gasteiger partial charge in [-0.05, 0) is 62.5 Å². The number of hydrogen-bond donors (Lipinski definition) is 1. The van der Waals surface area contributed by atoms with E-state index >= 15 is 0 Å². The van der Waals surface area contributed by atoms with Crippen LogP contribution in [-0.2, 0) is 6.54 Å². The first-order valence-corrected chi connectivity index (χ1v) is 7.83. The van der Waals surface area contributed by atoms with Crippen LogP contribution in [0.25, 0.3) is 0 Å². The van der Waals surface area contributed by atoms with Gasteiger partial charge in [0, 0.05) is 18.1 Å². The lowest BCUT2D eigenvalue weighted by Crippen LogP contribution is -2.39. The highest BCUT2D eigenvalue weighted by atomic mass is 35.5. The van der Waals surface area contributed by atoms with Gasteiger partial charge in [0.1, 0.15) is 0 Å². The maximum absolute atomic E-state index is 6.05. The lowest BCUT2D eigenvalue weighted by atomic mass is 9.97. The van der Waals surface area contributed by atoms with Gasteiger partial charge in [0.15, 0.2) is 0 Å². The van der Waals surface area contributed by atoms with Gasteiger partial charge in [0.05, 0.1) is 0 Å². The zero-order chi connectivity index (χ0) is 13.5. The average Bonchev–Trinajstić information content (AvgIpc) is 2.39. The molecule has 1 aromatic rings. The van der Waals surface area contributed by atoms with Crippen LogP contribution in [0.2, 0.25) is 5.02 Å². The highest BCUT2D eigenvalue weighted by Crippen LogP contribution is 2.19. The van der Waals surface area contributed by atoms with Crippen LogP contribution in [0.1, 0.15) is 31.7 Å². The van der Waals surface area contributed by atoms with Gasteiger partial charge in [-0.15, -0.1) is 0 Å². The molecule has 1 unspecified atom stereocenters. The van der Waals surface area contributed by atoms with Crippen LogP contribution < -0.4 is 5.32 Å². The van der Waals surface area contributed by atoms with Crippen LogP contribution in [0, 0.1) is 5.92 Å². The fourth-order valence-corrected chi connectivity index (χ4v) is 3.05. The molecule has 2 nitrogen and oxygen atoms in total. The molecule has 1 aliphatic rings. The third kappa shape index (κ3) is 5.13. The third-order valence-electron chi connectivity index (χ3n) is 3.76. The van der Waals surface area contributed by atoms with Crippen LogP contribution in [0.4, 0.5) is 0 Å². The third-order valence-corrected chi connectivity index (χ3v) is 3.99. The fraction of sp³-hybridized carbons (Fsp3) is 0.625. The van der Waals surface area contributed by atoms with Gasteiger partial charge in [-0.2, -0.15) is 0 Å². The topological polar surface area (TPSA) is 15.3 Å². The summed E-state index contributed by atoms with van der Waals surface area (Å²) in [5.41, 5.74) is 1.33. The van der Waals surface area contributed by atoms with Gasteiger partial charge >= 0.3 is 0 Å². The van der Waals surface area contributed by atoms with Crippen LogP contribution in [-0.4, -0.2) is 31.1 Å². The monoisotopic (exact) mass is 280 g/mol. The van der Waals surface area contributed by atoms with Crippen molar-refractivity contribution in [3.05, 3.63) is 34.9 Å². The summed E-state index contributed by atoms with van der Waals surface area (Å²) < 4.78 is 0. The van der Waals surface area contributed by atoms with E-state index in [0.717, 1.165) is 24.0 Å². The second kappa shape index (κ2) is 7.88. The standard InChI is InChI=1S/C16H25ClN2/c1-2-8-18-11-15-6-4-9-19(13-15)12-14-5-3-7-16(17)10-14/h3,5,7,10,15,18H,2,4,6,8-9,11-13H2,1H3. The number of rotatable bonds is 6. The zero-order valence-electron chi connectivity index (χ0n) is 11.9. The van der Waals surface area contributed by atoms with Crippen molar-refractivity contribution >= 4 is 11.6 Å². The van der Waals surface area contributed by atoms with Gasteiger partial charge in [-0.25, -0.2) is 0 Å². The number of piperidine rings is 1. The molecule has 2 rings (SSSR count). The Balaban J connectivity index is 1.80. The molecule has 1 N–H and O–H groups in total. The van der Waals surface area contributed by atoms with Gasteiger partial charge in [0.2, 0.25) is 0 Å². The molecule has 0 amide bonds. The van der Waals surface area contributed by atoms with Crippen molar-refractivity contribution in [2.75, 3.05) is 26.2 Å². The number of halogens is 1. The normalized spacial score (nSPS) is 20.6. The molecule has 1 atom stereocenters. The quantitative estimate of drug-likeness (QED) is 0.802. The number of benzene rings is 1. The van der Waals surface area contributed by atoms with Crippen molar-refractivity contribution in [2.45, 2.75) is 32.7 Å². The predicted molar refractivity (Wildman–Crippen MR) is 82.6 cm³/mol. The highest BCUT2D eigenvalue weighted by Gasteiger charge is 2.19. The molecule has 1 aliphatic heterocycles. The summed E-state index contributed by atoms with van der Waals surface area (Å²) in [5, 5.41) is 4.39. The number of nitrogens with zero attached hydrogens (tertiary/aromatic N) is 1. The molecular formula is C16H25ClN2. The Morgan fingerprint density at radius 3 is 3.11 bits per heavy atom. The molecular weight excluding hydrogens is 256 g/mol. The van der Waals surface area contributed by atoms with Crippen molar-refractivity contribution in [3.63, 3.8) is 0 Å². The van der Waals surface area contributed by atoms with Crippen molar-refractivity contribution < 1.29 is 0 Å². The van der Waals surface area contributed by atoms with E-state index in [2.05, 4.69) is 29.3 Å². The maximum Gasteiger partial charge on any atom is 0.0409 e. The van der Waals surface area contributed by atoms with E-state index in [1.165, 1.54) is 44.5 Å². The summed E-state index contributed by atoms with van der Waals surface area (Å²) in [5.74, 6) is 0.805. The molecule has 1 aromatic carbocycles. The van der Waals surface area contributed by atoms with Crippen molar-refractivity contribution in [1.29, 1.82) is 0 Å². The van der Waals surface area contributed by atoms with Crippen molar-refractivity contribution in [2.24, 2.45) is 5.92 Å². The van der Waals surface area contributed by atoms with E-state index in [-0.39, 0.29) is 0 Å². The Morgan fingerprint density at radius 1 is 1.42 bits per heavy atom. The molecule has 0 aromatic heterocycles. The van der Waals surface area contributed by atoms with Gasteiger partial charge < -0.3 is 5.32 Å². The molecule has 106 valence electrons. The highest BCUT2D eigenvalue weighted by molar-refractivity contribution is 6.30. The van der Waals surface area contributed by atoms with E-state index in [9.17, 15) is 0 Å². The van der Waals surface area contributed by atoms with E-state index < -0.39 is 0 Å². The Morgan fingerprint density at radius 2 is 2.32 bits per heavy atom. The van der Waals surface area contributed by atoms with Crippen LogP contribution in [0.3, 0.4) is 0 Å². The second-order valence-corrected chi connectivity index (χ2v) is 6.01. The van der Waals surface area contributed by atoms with Gasteiger partial charge in [0.25, 0.3) is 0 Å². The van der Waals surface area contributed by atoms with Crippen LogP contribution in [0.15, 0.2) is 24.3 Å². The molecule has 1 fully saturated rings. The smallest absolute Gasteiger partial charge is 0.0409 e. The zero-order valence-corrected chi connectivity index (χ0v) is 12.6. The summed E-state index contributed by atoms with van der Waals surface area (Å²) in [7, 11) is 0. The number of nitrogens with one attached hydrogen (secondary N) is 1. The first-order chi connectivity index (χ1) is 9.28. The first-order valence-electron chi connectivity index (χ1n) is 7.45. The molecule has 0 saturated carbocycles. The minimum absolute atomic E-state index is 0.805. The minimum Gasteiger partial charge on any atom is -0.316 e. The number of likely N-dealkylation sites (tertiary alicyclic amines) is 1. The molecule has 0 spiro atoms. The predicted octanol–water partition coefficient (Wildman–Crippen LogP) is 3.55. The molecule has 0 aliphatic carbocycles. The molecule has 1 saturated heterocycles. The van der Waals surface area contributed by atoms with E-state index in [1.807, 2.05) is 12.1 Å². The molecule has 0 bridgehead atoms. The SMILES string of the molecule is CCCNCC1CCCN(Cc2cccc(Cl)c2)C1. The summed E-state index contributed by atoms with van der Waals surface area (Å²) in [6, 6.07) is 8.24. The summed E-state index contributed by atoms with van der Waals surface area (Å²) in [6.07, 6.45) is 3.90. The maximum atomic E-state index is 6.05. The van der Waals surface area contributed by atoms with E-state index in [4.69, 9.17) is 11.6 Å². The molecule has 19 heavy (non-hydrogen) atoms. The van der Waals surface area contributed by atoms with E-state index in [1.54, 1.807) is 0 Å². The largest absolute Gasteiger partial charge is 0.316 e. The molecule has 1 heterocycles. The molecule has 0 radical (unpaired) electrons. The molecule has 3 heteroatoms. The Kier molecular flexibility index (Phi) is 6.15. The minimum atomic E-state index is 0.805. The Labute approximate surface area is 122 Å². The first kappa shape index (κ1) is 14.8. The average molecular weight is 281 g/mol. The number of hydrogen-bond acceptors (Lipinski definition) is 2. The van der Waals surface area contributed by atoms with Crippen LogP contribution >= 0.6 is 11.6 Å². The Hall–Kier alpha value is -0.570. The van der Waals surface area contributed by atoms with Crippen LogP contribution in [0.5, 0.6) is 0 Å². The second-order valence-electron chi connectivity index (χ2n) is 5.58. The lowest BCUT2D eigenvalue weighted by molar-refractivity contribution is 0.165. The Bertz CT molecular complexity index is 381. The summed E-state index contributed by atoms with van der Waals surface area (Å²) >= 11 is 6.05. The van der Waals surface area contributed by atoms with Gasteiger partial charge in [-0.1, -0.05) is 30.7 Å². The van der Waals surface area contributed by atoms with E-state index in [0.29, 0.717) is 0 Å². The summed E-state index contributed by atoms with van der Waals surface area (Å²) in [4.78, 5) is 2.56.